The Morgan fingerprint density at radius 1 is 1.27 bits per heavy atom. The van der Waals surface area contributed by atoms with Gasteiger partial charge in [0.25, 0.3) is 0 Å². The Hall–Kier alpha value is -2.54. The summed E-state index contributed by atoms with van der Waals surface area (Å²) in [5.74, 6) is 0.722. The van der Waals surface area contributed by atoms with Crippen LogP contribution in [0.3, 0.4) is 0 Å². The second kappa shape index (κ2) is 8.23. The molecular weight excluding hydrogens is 350 g/mol. The monoisotopic (exact) mass is 375 g/mol. The summed E-state index contributed by atoms with van der Waals surface area (Å²) in [6.07, 6.45) is 2.83. The van der Waals surface area contributed by atoms with Crippen molar-refractivity contribution >= 4 is 33.2 Å². The first-order chi connectivity index (χ1) is 12.2. The van der Waals surface area contributed by atoms with Crippen LogP contribution in [0, 0.1) is 6.92 Å². The summed E-state index contributed by atoms with van der Waals surface area (Å²) in [5.41, 5.74) is 2.85. The van der Waals surface area contributed by atoms with E-state index in [2.05, 4.69) is 10.3 Å². The van der Waals surface area contributed by atoms with Gasteiger partial charge in [-0.1, -0.05) is 6.07 Å². The second-order valence-corrected chi connectivity index (χ2v) is 8.07. The molecule has 0 radical (unpaired) electrons. The van der Waals surface area contributed by atoms with Gasteiger partial charge in [-0.2, -0.15) is 0 Å². The zero-order valence-electron chi connectivity index (χ0n) is 15.8. The lowest BCUT2D eigenvalue weighted by atomic mass is 10.1. The molecule has 0 saturated carbocycles. The quantitative estimate of drug-likeness (QED) is 0.589. The van der Waals surface area contributed by atoms with Crippen LogP contribution < -0.4 is 10.1 Å². The van der Waals surface area contributed by atoms with E-state index in [0.29, 0.717) is 11.4 Å². The van der Waals surface area contributed by atoms with Crippen molar-refractivity contribution in [1.82, 2.24) is 4.90 Å². The minimum atomic E-state index is -3.43. The van der Waals surface area contributed by atoms with Crippen molar-refractivity contribution in [3.8, 4) is 5.75 Å². The number of rotatable bonds is 7. The molecule has 2 rings (SSSR count). The topological polar surface area (TPSA) is 71.0 Å². The molecule has 0 saturated heterocycles. The van der Waals surface area contributed by atoms with E-state index in [1.54, 1.807) is 25.6 Å². The molecule has 2 aromatic carbocycles. The number of aryl methyl sites for hydroxylation is 1. The van der Waals surface area contributed by atoms with Gasteiger partial charge >= 0.3 is 0 Å². The Bertz CT molecular complexity index is 908. The van der Waals surface area contributed by atoms with E-state index in [9.17, 15) is 8.42 Å². The van der Waals surface area contributed by atoms with Gasteiger partial charge in [-0.15, -0.1) is 0 Å². The molecule has 0 aliphatic heterocycles. The fourth-order valence-electron chi connectivity index (χ4n) is 2.30. The molecular formula is C19H25N3O3S. The van der Waals surface area contributed by atoms with Crippen molar-refractivity contribution in [1.29, 1.82) is 0 Å². The van der Waals surface area contributed by atoms with Crippen LogP contribution in [0.2, 0.25) is 0 Å². The zero-order chi connectivity index (χ0) is 19.3. The Morgan fingerprint density at radius 3 is 2.62 bits per heavy atom. The Kier molecular flexibility index (Phi) is 6.26. The van der Waals surface area contributed by atoms with Gasteiger partial charge in [0.15, 0.2) is 9.84 Å². The van der Waals surface area contributed by atoms with Crippen LogP contribution in [0.1, 0.15) is 12.5 Å². The average Bonchev–Trinajstić information content (AvgIpc) is 2.60. The van der Waals surface area contributed by atoms with Crippen molar-refractivity contribution in [3.63, 3.8) is 0 Å². The molecule has 0 bridgehead atoms. The average molecular weight is 375 g/mol. The Labute approximate surface area is 155 Å². The van der Waals surface area contributed by atoms with Gasteiger partial charge in [-0.05, 0) is 43.7 Å². The van der Waals surface area contributed by atoms with E-state index >= 15 is 0 Å². The minimum Gasteiger partial charge on any atom is -0.497 e. The number of sulfone groups is 1. The number of hydrogen-bond acceptors (Lipinski definition) is 5. The summed E-state index contributed by atoms with van der Waals surface area (Å²) in [4.78, 5) is 6.42. The van der Waals surface area contributed by atoms with Crippen molar-refractivity contribution in [3.05, 3.63) is 42.0 Å². The molecule has 0 aliphatic carbocycles. The van der Waals surface area contributed by atoms with Gasteiger partial charge in [0.2, 0.25) is 0 Å². The van der Waals surface area contributed by atoms with Crippen LogP contribution in [0.25, 0.3) is 0 Å². The first-order valence-corrected chi connectivity index (χ1v) is 10.1. The third-order valence-electron chi connectivity index (χ3n) is 3.95. The number of benzene rings is 2. The van der Waals surface area contributed by atoms with Crippen molar-refractivity contribution in [2.24, 2.45) is 4.99 Å². The molecule has 0 heterocycles. The third-order valence-corrected chi connectivity index (χ3v) is 5.07. The first-order valence-electron chi connectivity index (χ1n) is 8.24. The molecule has 0 amide bonds. The number of nitrogens with one attached hydrogen (secondary N) is 1. The molecule has 0 aliphatic rings. The molecule has 1 N–H and O–H groups in total. The highest BCUT2D eigenvalue weighted by molar-refractivity contribution is 7.90. The number of ether oxygens (including phenoxy) is 1. The maximum absolute atomic E-state index is 12.2. The van der Waals surface area contributed by atoms with Crippen LogP contribution in [-0.2, 0) is 9.84 Å². The number of hydrogen-bond donors (Lipinski definition) is 1. The number of anilines is 2. The van der Waals surface area contributed by atoms with Gasteiger partial charge in [-0.3, -0.25) is 0 Å². The van der Waals surface area contributed by atoms with Gasteiger partial charge in [-0.25, -0.2) is 13.4 Å². The summed E-state index contributed by atoms with van der Waals surface area (Å²) < 4.78 is 29.7. The summed E-state index contributed by atoms with van der Waals surface area (Å²) in [6.45, 7) is 4.69. The molecule has 2 aromatic rings. The van der Waals surface area contributed by atoms with Gasteiger partial charge in [0, 0.05) is 37.3 Å². The van der Waals surface area contributed by atoms with Crippen LogP contribution >= 0.6 is 0 Å². The second-order valence-electron chi connectivity index (χ2n) is 6.08. The zero-order valence-corrected chi connectivity index (χ0v) is 16.6. The summed E-state index contributed by atoms with van der Waals surface area (Å²) in [6, 6.07) is 10.9. The fraction of sp³-hybridized carbons (Fsp3) is 0.316. The maximum atomic E-state index is 12.2. The fourth-order valence-corrected chi connectivity index (χ4v) is 3.13. The van der Waals surface area contributed by atoms with Crippen molar-refractivity contribution < 1.29 is 13.2 Å². The SMILES string of the molecule is CCN(C)/C=N/c1cc(C)c(Nc2cccc(OC)c2)cc1S(C)(=O)=O. The Balaban J connectivity index is 2.47. The molecule has 0 fully saturated rings. The maximum Gasteiger partial charge on any atom is 0.177 e. The summed E-state index contributed by atoms with van der Waals surface area (Å²) in [7, 11) is 0.0581. The van der Waals surface area contributed by atoms with E-state index in [0.717, 1.165) is 23.5 Å². The third kappa shape index (κ3) is 4.98. The summed E-state index contributed by atoms with van der Waals surface area (Å²) >= 11 is 0. The van der Waals surface area contributed by atoms with E-state index in [-0.39, 0.29) is 4.90 Å². The van der Waals surface area contributed by atoms with E-state index in [1.165, 1.54) is 6.26 Å². The van der Waals surface area contributed by atoms with E-state index < -0.39 is 9.84 Å². The van der Waals surface area contributed by atoms with Crippen molar-refractivity contribution in [2.75, 3.05) is 32.3 Å². The molecule has 7 heteroatoms. The highest BCUT2D eigenvalue weighted by Gasteiger charge is 2.16. The van der Waals surface area contributed by atoms with Crippen LogP contribution in [0.4, 0.5) is 17.1 Å². The molecule has 26 heavy (non-hydrogen) atoms. The molecule has 0 unspecified atom stereocenters. The Morgan fingerprint density at radius 2 is 2.00 bits per heavy atom. The summed E-state index contributed by atoms with van der Waals surface area (Å²) in [5, 5.41) is 3.26. The molecule has 0 aromatic heterocycles. The largest absolute Gasteiger partial charge is 0.497 e. The lowest BCUT2D eigenvalue weighted by Crippen LogP contribution is -2.14. The van der Waals surface area contributed by atoms with Gasteiger partial charge < -0.3 is 15.0 Å². The lowest BCUT2D eigenvalue weighted by molar-refractivity contribution is 0.415. The minimum absolute atomic E-state index is 0.189. The van der Waals surface area contributed by atoms with Crippen molar-refractivity contribution in [2.45, 2.75) is 18.7 Å². The standard InChI is InChI=1S/C19H25N3O3S/c1-6-22(3)13-20-18-10-14(2)17(12-19(18)26(5,23)24)21-15-8-7-9-16(11-15)25-4/h7-13,21H,6H2,1-5H3/b20-13+. The van der Waals surface area contributed by atoms with Gasteiger partial charge in [0.1, 0.15) is 5.75 Å². The highest BCUT2D eigenvalue weighted by atomic mass is 32.2. The van der Waals surface area contributed by atoms with Gasteiger partial charge in [0.05, 0.1) is 24.0 Å². The molecule has 0 spiro atoms. The number of nitrogens with zero attached hydrogens (tertiary/aromatic N) is 2. The highest BCUT2D eigenvalue weighted by Crippen LogP contribution is 2.32. The molecule has 6 nitrogen and oxygen atoms in total. The number of aliphatic imine (C=N–C) groups is 1. The van der Waals surface area contributed by atoms with Crippen LogP contribution in [-0.4, -0.2) is 46.6 Å². The van der Waals surface area contributed by atoms with E-state index in [4.69, 9.17) is 4.74 Å². The van der Waals surface area contributed by atoms with Crippen LogP contribution in [0.15, 0.2) is 46.3 Å². The predicted octanol–water partition coefficient (Wildman–Crippen LogP) is 3.76. The normalized spacial score (nSPS) is 11.6. The molecule has 140 valence electrons. The number of methoxy groups -OCH3 is 1. The molecule has 0 atom stereocenters. The smallest absolute Gasteiger partial charge is 0.177 e. The van der Waals surface area contributed by atoms with Crippen LogP contribution in [0.5, 0.6) is 5.75 Å². The first kappa shape index (κ1) is 19.8. The lowest BCUT2D eigenvalue weighted by Gasteiger charge is -2.15. The predicted molar refractivity (Wildman–Crippen MR) is 107 cm³/mol. The van der Waals surface area contributed by atoms with E-state index in [1.807, 2.05) is 50.1 Å².